The Hall–Kier alpha value is -1.71. The molecular weight excluding hydrogens is 208 g/mol. The van der Waals surface area contributed by atoms with Gasteiger partial charge in [0.15, 0.2) is 11.5 Å². The van der Waals surface area contributed by atoms with Crippen molar-refractivity contribution in [3.63, 3.8) is 0 Å². The molecule has 1 N–H and O–H groups in total. The zero-order chi connectivity index (χ0) is 11.5. The van der Waals surface area contributed by atoms with E-state index in [0.29, 0.717) is 23.8 Å². The lowest BCUT2D eigenvalue weighted by atomic mass is 10.2. The first-order valence-electron chi connectivity index (χ1n) is 5.25. The average molecular weight is 222 g/mol. The van der Waals surface area contributed by atoms with E-state index in [2.05, 4.69) is 4.74 Å². The summed E-state index contributed by atoms with van der Waals surface area (Å²) in [7, 11) is 1.30. The van der Waals surface area contributed by atoms with Gasteiger partial charge in [0.25, 0.3) is 0 Å². The molecule has 16 heavy (non-hydrogen) atoms. The number of carbonyl (C=O) groups is 1. The highest BCUT2D eigenvalue weighted by atomic mass is 16.5. The Bertz CT molecular complexity index is 396. The van der Waals surface area contributed by atoms with E-state index in [-0.39, 0.29) is 5.75 Å². The van der Waals surface area contributed by atoms with Gasteiger partial charge in [0.1, 0.15) is 0 Å². The quantitative estimate of drug-likeness (QED) is 0.791. The van der Waals surface area contributed by atoms with Crippen molar-refractivity contribution in [2.24, 2.45) is 5.92 Å². The Labute approximate surface area is 93.8 Å². The SMILES string of the molecule is COC(=O)c1ccc(OCC2CC2)c(O)c1. The van der Waals surface area contributed by atoms with Crippen LogP contribution in [-0.2, 0) is 4.74 Å². The van der Waals surface area contributed by atoms with E-state index in [4.69, 9.17) is 4.74 Å². The van der Waals surface area contributed by atoms with Crippen molar-refractivity contribution < 1.29 is 19.4 Å². The number of phenolic OH excluding ortho intramolecular Hbond substituents is 1. The van der Waals surface area contributed by atoms with Crippen LogP contribution in [0.1, 0.15) is 23.2 Å². The Morgan fingerprint density at radius 1 is 1.50 bits per heavy atom. The fraction of sp³-hybridized carbons (Fsp3) is 0.417. The molecule has 1 aromatic carbocycles. The number of hydrogen-bond acceptors (Lipinski definition) is 4. The number of esters is 1. The highest BCUT2D eigenvalue weighted by molar-refractivity contribution is 5.90. The molecule has 2 rings (SSSR count). The first kappa shape index (κ1) is 10.8. The van der Waals surface area contributed by atoms with E-state index in [0.717, 1.165) is 0 Å². The molecule has 0 atom stereocenters. The summed E-state index contributed by atoms with van der Waals surface area (Å²) in [5.74, 6) is 0.548. The summed E-state index contributed by atoms with van der Waals surface area (Å²) in [5, 5.41) is 9.64. The van der Waals surface area contributed by atoms with Crippen molar-refractivity contribution in [3.05, 3.63) is 23.8 Å². The Balaban J connectivity index is 2.05. The van der Waals surface area contributed by atoms with E-state index in [9.17, 15) is 9.90 Å². The molecule has 0 aromatic heterocycles. The maximum absolute atomic E-state index is 11.2. The van der Waals surface area contributed by atoms with Gasteiger partial charge >= 0.3 is 5.97 Å². The minimum atomic E-state index is -0.468. The van der Waals surface area contributed by atoms with Crippen LogP contribution >= 0.6 is 0 Å². The molecule has 1 fully saturated rings. The maximum Gasteiger partial charge on any atom is 0.337 e. The normalized spacial score (nSPS) is 14.6. The number of carbonyl (C=O) groups excluding carboxylic acids is 1. The summed E-state index contributed by atoms with van der Waals surface area (Å²) < 4.78 is 9.98. The average Bonchev–Trinajstić information content (AvgIpc) is 3.10. The minimum absolute atomic E-state index is 0.0245. The molecule has 0 bridgehead atoms. The molecule has 1 aromatic rings. The molecule has 0 amide bonds. The number of hydrogen-bond donors (Lipinski definition) is 1. The molecule has 0 aliphatic heterocycles. The number of benzene rings is 1. The third-order valence-electron chi connectivity index (χ3n) is 2.55. The molecule has 86 valence electrons. The van der Waals surface area contributed by atoms with Crippen LogP contribution in [0.4, 0.5) is 0 Å². The van der Waals surface area contributed by atoms with Crippen molar-refractivity contribution in [3.8, 4) is 11.5 Å². The topological polar surface area (TPSA) is 55.8 Å². The summed E-state index contributed by atoms with van der Waals surface area (Å²) >= 11 is 0. The third-order valence-corrected chi connectivity index (χ3v) is 2.55. The lowest BCUT2D eigenvalue weighted by Crippen LogP contribution is -2.02. The van der Waals surface area contributed by atoms with Crippen LogP contribution in [0.25, 0.3) is 0 Å². The molecule has 0 radical (unpaired) electrons. The largest absolute Gasteiger partial charge is 0.504 e. The van der Waals surface area contributed by atoms with Crippen molar-refractivity contribution >= 4 is 5.97 Å². The second-order valence-corrected chi connectivity index (χ2v) is 3.93. The second-order valence-electron chi connectivity index (χ2n) is 3.93. The van der Waals surface area contributed by atoms with Crippen LogP contribution < -0.4 is 4.74 Å². The molecule has 1 saturated carbocycles. The Morgan fingerprint density at radius 2 is 2.25 bits per heavy atom. The van der Waals surface area contributed by atoms with Crippen LogP contribution in [0.15, 0.2) is 18.2 Å². The summed E-state index contributed by atoms with van der Waals surface area (Å²) in [5.41, 5.74) is 0.318. The smallest absolute Gasteiger partial charge is 0.337 e. The first-order chi connectivity index (χ1) is 7.70. The molecule has 0 heterocycles. The highest BCUT2D eigenvalue weighted by Crippen LogP contribution is 2.32. The van der Waals surface area contributed by atoms with E-state index in [1.165, 1.54) is 26.0 Å². The molecule has 0 spiro atoms. The zero-order valence-corrected chi connectivity index (χ0v) is 9.10. The van der Waals surface area contributed by atoms with Crippen LogP contribution in [0.2, 0.25) is 0 Å². The van der Waals surface area contributed by atoms with Gasteiger partial charge in [0, 0.05) is 0 Å². The number of phenols is 1. The lowest BCUT2D eigenvalue weighted by molar-refractivity contribution is 0.0600. The van der Waals surface area contributed by atoms with Gasteiger partial charge < -0.3 is 14.6 Å². The fourth-order valence-electron chi connectivity index (χ4n) is 1.38. The van der Waals surface area contributed by atoms with E-state index in [1.807, 2.05) is 0 Å². The Morgan fingerprint density at radius 3 is 2.81 bits per heavy atom. The van der Waals surface area contributed by atoms with Crippen molar-refractivity contribution in [1.29, 1.82) is 0 Å². The molecule has 4 nitrogen and oxygen atoms in total. The Kier molecular flexibility index (Phi) is 2.99. The zero-order valence-electron chi connectivity index (χ0n) is 9.10. The molecule has 4 heteroatoms. The number of methoxy groups -OCH3 is 1. The van der Waals surface area contributed by atoms with Crippen LogP contribution in [-0.4, -0.2) is 24.8 Å². The maximum atomic E-state index is 11.2. The second kappa shape index (κ2) is 4.43. The summed E-state index contributed by atoms with van der Waals surface area (Å²) in [4.78, 5) is 11.2. The number of rotatable bonds is 4. The van der Waals surface area contributed by atoms with Gasteiger partial charge in [0.2, 0.25) is 0 Å². The van der Waals surface area contributed by atoms with Crippen molar-refractivity contribution in [2.75, 3.05) is 13.7 Å². The molecule has 1 aliphatic rings. The highest BCUT2D eigenvalue weighted by Gasteiger charge is 2.22. The molecule has 1 aliphatic carbocycles. The van der Waals surface area contributed by atoms with Gasteiger partial charge in [-0.3, -0.25) is 0 Å². The third kappa shape index (κ3) is 2.45. The predicted molar refractivity (Wildman–Crippen MR) is 57.7 cm³/mol. The summed E-state index contributed by atoms with van der Waals surface area (Å²) in [6.45, 7) is 0.630. The molecular formula is C12H14O4. The minimum Gasteiger partial charge on any atom is -0.504 e. The van der Waals surface area contributed by atoms with Gasteiger partial charge in [-0.05, 0) is 37.0 Å². The van der Waals surface area contributed by atoms with Gasteiger partial charge in [0.05, 0.1) is 19.3 Å². The summed E-state index contributed by atoms with van der Waals surface area (Å²) in [6, 6.07) is 4.52. The molecule has 0 unspecified atom stereocenters. The van der Waals surface area contributed by atoms with E-state index < -0.39 is 5.97 Å². The monoisotopic (exact) mass is 222 g/mol. The first-order valence-corrected chi connectivity index (χ1v) is 5.25. The van der Waals surface area contributed by atoms with Gasteiger partial charge in [-0.15, -0.1) is 0 Å². The van der Waals surface area contributed by atoms with Crippen molar-refractivity contribution in [2.45, 2.75) is 12.8 Å². The van der Waals surface area contributed by atoms with Crippen LogP contribution in [0.3, 0.4) is 0 Å². The van der Waals surface area contributed by atoms with Crippen molar-refractivity contribution in [1.82, 2.24) is 0 Å². The van der Waals surface area contributed by atoms with E-state index >= 15 is 0 Å². The summed E-state index contributed by atoms with van der Waals surface area (Å²) in [6.07, 6.45) is 2.39. The lowest BCUT2D eigenvalue weighted by Gasteiger charge is -2.08. The number of ether oxygens (including phenoxy) is 2. The van der Waals surface area contributed by atoms with Crippen LogP contribution in [0.5, 0.6) is 11.5 Å². The number of aromatic hydroxyl groups is 1. The van der Waals surface area contributed by atoms with Gasteiger partial charge in [-0.25, -0.2) is 4.79 Å². The van der Waals surface area contributed by atoms with E-state index in [1.54, 1.807) is 12.1 Å². The van der Waals surface area contributed by atoms with Gasteiger partial charge in [-0.1, -0.05) is 0 Å². The standard InChI is InChI=1S/C12H14O4/c1-15-12(14)9-4-5-11(10(13)6-9)16-7-8-2-3-8/h4-6,8,13H,2-3,7H2,1H3. The fourth-order valence-corrected chi connectivity index (χ4v) is 1.38. The molecule has 0 saturated heterocycles. The predicted octanol–water partition coefficient (Wildman–Crippen LogP) is 1.97. The van der Waals surface area contributed by atoms with Gasteiger partial charge in [-0.2, -0.15) is 0 Å². The van der Waals surface area contributed by atoms with Crippen LogP contribution in [0, 0.1) is 5.92 Å².